The Bertz CT molecular complexity index is 1660. The highest BCUT2D eigenvalue weighted by molar-refractivity contribution is 7.17. The molecule has 0 fully saturated rings. The zero-order chi connectivity index (χ0) is 24.3. The number of amides is 1. The molecule has 8 nitrogen and oxygen atoms in total. The fourth-order valence-corrected chi connectivity index (χ4v) is 4.66. The monoisotopic (exact) mass is 491 g/mol. The summed E-state index contributed by atoms with van der Waals surface area (Å²) < 4.78 is 3.00. The average Bonchev–Trinajstić information content (AvgIpc) is 3.63. The molecule has 0 atom stereocenters. The highest BCUT2D eigenvalue weighted by Crippen LogP contribution is 2.22. The van der Waals surface area contributed by atoms with E-state index in [0.29, 0.717) is 12.4 Å². The molecule has 2 aromatic carbocycles. The number of hydrogen-bond donors (Lipinski definition) is 3. The van der Waals surface area contributed by atoms with Crippen molar-refractivity contribution in [2.24, 2.45) is 0 Å². The molecule has 0 aliphatic rings. The van der Waals surface area contributed by atoms with E-state index < -0.39 is 5.91 Å². The van der Waals surface area contributed by atoms with E-state index in [2.05, 4.69) is 42.8 Å². The lowest BCUT2D eigenvalue weighted by atomic mass is 10.1. The molecule has 9 heteroatoms. The van der Waals surface area contributed by atoms with Gasteiger partial charge in [-0.3, -0.25) is 15.6 Å². The van der Waals surface area contributed by atoms with Crippen molar-refractivity contribution in [2.45, 2.75) is 6.54 Å². The zero-order valence-corrected chi connectivity index (χ0v) is 19.9. The number of anilines is 2. The maximum atomic E-state index is 12.6. The predicted molar refractivity (Wildman–Crippen MR) is 143 cm³/mol. The van der Waals surface area contributed by atoms with Crippen molar-refractivity contribution in [3.05, 3.63) is 108 Å². The highest BCUT2D eigenvalue weighted by atomic mass is 32.1. The largest absolute Gasteiger partial charge is 0.379 e. The van der Waals surface area contributed by atoms with Crippen molar-refractivity contribution in [3.8, 4) is 5.69 Å². The van der Waals surface area contributed by atoms with E-state index in [-0.39, 0.29) is 5.82 Å². The molecule has 0 spiro atoms. The fourth-order valence-electron chi connectivity index (χ4n) is 3.97. The lowest BCUT2D eigenvalue weighted by Crippen LogP contribution is -2.31. The molecule has 6 rings (SSSR count). The Morgan fingerprint density at radius 1 is 0.944 bits per heavy atom. The van der Waals surface area contributed by atoms with Gasteiger partial charge in [0, 0.05) is 35.4 Å². The summed E-state index contributed by atoms with van der Waals surface area (Å²) in [6.45, 7) is 0.519. The molecule has 4 heterocycles. The minimum absolute atomic E-state index is 0.0967. The third-order valence-electron chi connectivity index (χ3n) is 5.76. The summed E-state index contributed by atoms with van der Waals surface area (Å²) >= 11 is 1.53. The SMILES string of the molecule is O=C(NNc1cc2ccccc2c(CNc2ccc(-n3cccc3)cc2)n1)c1ncc2sccc2n1. The van der Waals surface area contributed by atoms with Crippen molar-refractivity contribution in [3.63, 3.8) is 0 Å². The molecule has 0 aliphatic carbocycles. The highest BCUT2D eigenvalue weighted by Gasteiger charge is 2.12. The lowest BCUT2D eigenvalue weighted by Gasteiger charge is -2.13. The number of nitrogens with one attached hydrogen (secondary N) is 3. The Kier molecular flexibility index (Phi) is 5.72. The molecule has 36 heavy (non-hydrogen) atoms. The van der Waals surface area contributed by atoms with Crippen molar-refractivity contribution < 1.29 is 4.79 Å². The summed E-state index contributed by atoms with van der Waals surface area (Å²) in [5, 5.41) is 7.43. The van der Waals surface area contributed by atoms with Gasteiger partial charge in [0.25, 0.3) is 0 Å². The van der Waals surface area contributed by atoms with Gasteiger partial charge in [0.1, 0.15) is 5.82 Å². The van der Waals surface area contributed by atoms with Crippen LogP contribution in [0.15, 0.2) is 96.8 Å². The number of hydrogen-bond acceptors (Lipinski definition) is 7. The molecule has 0 aliphatic heterocycles. The number of carbonyl (C=O) groups excluding carboxylic acids is 1. The second-order valence-corrected chi connectivity index (χ2v) is 9.06. The van der Waals surface area contributed by atoms with Gasteiger partial charge in [-0.1, -0.05) is 24.3 Å². The Balaban J connectivity index is 1.18. The predicted octanol–water partition coefficient (Wildman–Crippen LogP) is 5.40. The van der Waals surface area contributed by atoms with E-state index in [4.69, 9.17) is 4.98 Å². The van der Waals surface area contributed by atoms with Crippen LogP contribution in [-0.4, -0.2) is 25.4 Å². The van der Waals surface area contributed by atoms with E-state index in [1.807, 2.05) is 78.4 Å². The van der Waals surface area contributed by atoms with Gasteiger partial charge in [-0.25, -0.2) is 15.0 Å². The van der Waals surface area contributed by atoms with Gasteiger partial charge in [0.05, 0.1) is 22.5 Å². The maximum Gasteiger partial charge on any atom is 0.307 e. The third-order valence-corrected chi connectivity index (χ3v) is 6.60. The van der Waals surface area contributed by atoms with Crippen LogP contribution in [0.3, 0.4) is 0 Å². The first-order valence-corrected chi connectivity index (χ1v) is 12.2. The quantitative estimate of drug-likeness (QED) is 0.259. The second-order valence-electron chi connectivity index (χ2n) is 8.11. The number of rotatable bonds is 7. The van der Waals surface area contributed by atoms with Crippen LogP contribution in [0.2, 0.25) is 0 Å². The molecule has 3 N–H and O–H groups in total. The average molecular weight is 492 g/mol. The standard InChI is InChI=1S/C27H21N7OS/c35-27(26-29-17-24-22(31-26)11-14-36-24)33-32-25-15-18-5-1-2-6-21(18)23(30-25)16-28-19-7-9-20(10-8-19)34-12-3-4-13-34/h1-15,17,28H,16H2,(H,30,32)(H,33,35). The number of aromatic nitrogens is 4. The van der Waals surface area contributed by atoms with Crippen LogP contribution in [0.1, 0.15) is 16.3 Å². The summed E-state index contributed by atoms with van der Waals surface area (Å²) in [7, 11) is 0. The summed E-state index contributed by atoms with van der Waals surface area (Å²) in [5.41, 5.74) is 9.27. The van der Waals surface area contributed by atoms with Gasteiger partial charge in [-0.2, -0.15) is 0 Å². The van der Waals surface area contributed by atoms with Gasteiger partial charge in [-0.15, -0.1) is 11.3 Å². The summed E-state index contributed by atoms with van der Waals surface area (Å²) in [5.74, 6) is 0.193. The number of fused-ring (bicyclic) bond motifs is 2. The van der Waals surface area contributed by atoms with Crippen LogP contribution in [0, 0.1) is 0 Å². The molecule has 176 valence electrons. The van der Waals surface area contributed by atoms with E-state index in [9.17, 15) is 4.79 Å². The first-order valence-electron chi connectivity index (χ1n) is 11.4. The molecular weight excluding hydrogens is 470 g/mol. The fraction of sp³-hybridized carbons (Fsp3) is 0.0370. The van der Waals surface area contributed by atoms with Gasteiger partial charge < -0.3 is 9.88 Å². The first-order chi connectivity index (χ1) is 17.7. The van der Waals surface area contributed by atoms with Crippen LogP contribution in [0.5, 0.6) is 0 Å². The number of nitrogens with zero attached hydrogens (tertiary/aromatic N) is 4. The van der Waals surface area contributed by atoms with Crippen LogP contribution in [0.25, 0.3) is 26.7 Å². The number of carbonyl (C=O) groups is 1. The molecule has 0 saturated heterocycles. The van der Waals surface area contributed by atoms with E-state index in [1.54, 1.807) is 6.20 Å². The second kappa shape index (κ2) is 9.47. The Hall–Kier alpha value is -4.76. The molecule has 4 aromatic heterocycles. The molecule has 0 radical (unpaired) electrons. The van der Waals surface area contributed by atoms with Crippen LogP contribution < -0.4 is 16.2 Å². The minimum atomic E-state index is -0.430. The smallest absolute Gasteiger partial charge is 0.307 e. The van der Waals surface area contributed by atoms with E-state index in [1.165, 1.54) is 11.3 Å². The summed E-state index contributed by atoms with van der Waals surface area (Å²) in [6.07, 6.45) is 5.69. The molecular formula is C27H21N7OS. The molecule has 0 unspecified atom stereocenters. The minimum Gasteiger partial charge on any atom is -0.379 e. The van der Waals surface area contributed by atoms with Crippen molar-refractivity contribution in [1.82, 2.24) is 24.9 Å². The van der Waals surface area contributed by atoms with Crippen molar-refractivity contribution >= 4 is 49.7 Å². The topological polar surface area (TPSA) is 96.8 Å². The van der Waals surface area contributed by atoms with Crippen LogP contribution in [-0.2, 0) is 6.54 Å². The molecule has 0 saturated carbocycles. The Morgan fingerprint density at radius 3 is 2.64 bits per heavy atom. The van der Waals surface area contributed by atoms with Crippen LogP contribution in [0.4, 0.5) is 11.5 Å². The molecule has 0 bridgehead atoms. The maximum absolute atomic E-state index is 12.6. The summed E-state index contributed by atoms with van der Waals surface area (Å²) in [6, 6.07) is 24.0. The van der Waals surface area contributed by atoms with Crippen molar-refractivity contribution in [1.29, 1.82) is 0 Å². The van der Waals surface area contributed by atoms with Gasteiger partial charge >= 0.3 is 5.91 Å². The lowest BCUT2D eigenvalue weighted by molar-refractivity contribution is 0.0952. The number of hydrazine groups is 1. The normalized spacial score (nSPS) is 11.0. The van der Waals surface area contributed by atoms with E-state index in [0.717, 1.165) is 38.1 Å². The molecule has 1 amide bonds. The Morgan fingerprint density at radius 2 is 1.78 bits per heavy atom. The first kappa shape index (κ1) is 21.8. The zero-order valence-electron chi connectivity index (χ0n) is 19.1. The number of thiophene rings is 1. The number of benzene rings is 2. The van der Waals surface area contributed by atoms with Gasteiger partial charge in [0.15, 0.2) is 0 Å². The molecule has 6 aromatic rings. The number of pyridine rings is 1. The van der Waals surface area contributed by atoms with E-state index >= 15 is 0 Å². The summed E-state index contributed by atoms with van der Waals surface area (Å²) in [4.78, 5) is 25.8. The van der Waals surface area contributed by atoms with Crippen LogP contribution >= 0.6 is 11.3 Å². The van der Waals surface area contributed by atoms with Gasteiger partial charge in [-0.05, 0) is 59.3 Å². The van der Waals surface area contributed by atoms with Gasteiger partial charge in [0.2, 0.25) is 5.82 Å². The Labute approximate surface area is 210 Å². The van der Waals surface area contributed by atoms with Crippen molar-refractivity contribution in [2.75, 3.05) is 10.7 Å². The third kappa shape index (κ3) is 4.47.